The van der Waals surface area contributed by atoms with Gasteiger partial charge in [-0.25, -0.2) is 4.79 Å². The second-order valence-electron chi connectivity index (χ2n) is 8.16. The first-order valence-corrected chi connectivity index (χ1v) is 11.0. The number of nitrogens with zero attached hydrogens (tertiary/aromatic N) is 2. The van der Waals surface area contributed by atoms with Gasteiger partial charge in [0, 0.05) is 23.4 Å². The summed E-state index contributed by atoms with van der Waals surface area (Å²) in [6.07, 6.45) is 3.76. The van der Waals surface area contributed by atoms with Crippen LogP contribution in [0.1, 0.15) is 11.6 Å². The molecule has 0 saturated carbocycles. The fourth-order valence-corrected chi connectivity index (χ4v) is 4.28. The van der Waals surface area contributed by atoms with Crippen molar-refractivity contribution in [2.24, 2.45) is 0 Å². The summed E-state index contributed by atoms with van der Waals surface area (Å²) in [6.45, 7) is 0. The Kier molecular flexibility index (Phi) is 5.55. The lowest BCUT2D eigenvalue weighted by atomic mass is 10.0. The summed E-state index contributed by atoms with van der Waals surface area (Å²) in [5.41, 5.74) is 2.45. The van der Waals surface area contributed by atoms with Crippen LogP contribution in [-0.4, -0.2) is 22.8 Å². The van der Waals surface area contributed by atoms with E-state index >= 15 is 0 Å². The predicted octanol–water partition coefficient (Wildman–Crippen LogP) is 4.28. The number of rotatable bonds is 6. The van der Waals surface area contributed by atoms with Crippen LogP contribution in [0.2, 0.25) is 0 Å². The Morgan fingerprint density at radius 3 is 2.32 bits per heavy atom. The standard InChI is InChI=1S/C28H22N2O4/c1-34-23-13-11-20(12-14-23)26-18-30(25(28(32)33)15-19-7-3-2-4-8-19)27(31)24-16-21-9-5-6-10-22(21)17-29(24)26/h2-14,16-18,25H,15H2,1H3/p+1. The summed E-state index contributed by atoms with van der Waals surface area (Å²) < 4.78 is 8.47. The van der Waals surface area contributed by atoms with E-state index in [1.165, 1.54) is 4.57 Å². The smallest absolute Gasteiger partial charge is 0.327 e. The Morgan fingerprint density at radius 1 is 0.971 bits per heavy atom. The Labute approximate surface area is 195 Å². The van der Waals surface area contributed by atoms with Gasteiger partial charge in [0.1, 0.15) is 11.8 Å². The van der Waals surface area contributed by atoms with Crippen LogP contribution in [0.25, 0.3) is 27.5 Å². The first-order valence-electron chi connectivity index (χ1n) is 11.0. The van der Waals surface area contributed by atoms with Crippen molar-refractivity contribution in [1.82, 2.24) is 4.57 Å². The van der Waals surface area contributed by atoms with Gasteiger partial charge < -0.3 is 9.84 Å². The van der Waals surface area contributed by atoms with Gasteiger partial charge in [-0.2, -0.15) is 4.40 Å². The molecule has 0 saturated heterocycles. The number of aliphatic carboxylic acids is 1. The van der Waals surface area contributed by atoms with Crippen molar-refractivity contribution in [2.45, 2.75) is 12.5 Å². The number of hydrogen-bond acceptors (Lipinski definition) is 3. The van der Waals surface area contributed by atoms with Crippen molar-refractivity contribution < 1.29 is 19.0 Å². The van der Waals surface area contributed by atoms with Crippen molar-refractivity contribution in [2.75, 3.05) is 7.11 Å². The van der Waals surface area contributed by atoms with E-state index in [2.05, 4.69) is 0 Å². The number of aromatic nitrogens is 2. The molecule has 1 atom stereocenters. The maximum Gasteiger partial charge on any atom is 0.327 e. The lowest BCUT2D eigenvalue weighted by Crippen LogP contribution is -2.39. The normalized spacial score (nSPS) is 12.0. The van der Waals surface area contributed by atoms with Gasteiger partial charge in [0.15, 0.2) is 6.20 Å². The second-order valence-corrected chi connectivity index (χ2v) is 8.16. The molecule has 0 aliphatic rings. The molecule has 0 aliphatic carbocycles. The molecule has 0 fully saturated rings. The van der Waals surface area contributed by atoms with Gasteiger partial charge in [-0.05, 0) is 41.3 Å². The largest absolute Gasteiger partial charge is 0.497 e. The molecule has 0 bridgehead atoms. The Bertz CT molecular complexity index is 1560. The highest BCUT2D eigenvalue weighted by atomic mass is 16.5. The van der Waals surface area contributed by atoms with Gasteiger partial charge in [-0.15, -0.1) is 0 Å². The first kappa shape index (κ1) is 21.4. The minimum atomic E-state index is -1.06. The van der Waals surface area contributed by atoms with Crippen LogP contribution in [0.15, 0.2) is 102 Å². The molecular weight excluding hydrogens is 428 g/mol. The molecule has 0 spiro atoms. The average molecular weight is 452 g/mol. The number of benzene rings is 3. The number of methoxy groups -OCH3 is 1. The van der Waals surface area contributed by atoms with Crippen LogP contribution in [0, 0.1) is 0 Å². The lowest BCUT2D eigenvalue weighted by Gasteiger charge is -2.16. The topological polar surface area (TPSA) is 72.6 Å². The van der Waals surface area contributed by atoms with Crippen LogP contribution >= 0.6 is 0 Å². The maximum absolute atomic E-state index is 13.7. The van der Waals surface area contributed by atoms with Gasteiger partial charge in [0.05, 0.1) is 13.3 Å². The number of carboxylic acid groups (broad SMARTS) is 1. The predicted molar refractivity (Wildman–Crippen MR) is 130 cm³/mol. The Balaban J connectivity index is 1.79. The van der Waals surface area contributed by atoms with E-state index in [9.17, 15) is 14.7 Å². The molecular formula is C28H23N2O4+. The minimum absolute atomic E-state index is 0.196. The summed E-state index contributed by atoms with van der Waals surface area (Å²) in [5, 5.41) is 12.0. The van der Waals surface area contributed by atoms with E-state index in [-0.39, 0.29) is 12.0 Å². The molecule has 5 aromatic rings. The molecule has 3 aromatic carbocycles. The molecule has 2 heterocycles. The summed E-state index contributed by atoms with van der Waals surface area (Å²) in [6, 6.07) is 25.4. The lowest BCUT2D eigenvalue weighted by molar-refractivity contribution is -0.499. The van der Waals surface area contributed by atoms with E-state index < -0.39 is 12.0 Å². The van der Waals surface area contributed by atoms with Gasteiger partial charge in [-0.1, -0.05) is 48.5 Å². The molecule has 6 nitrogen and oxygen atoms in total. The number of pyridine rings is 1. The fourth-order valence-electron chi connectivity index (χ4n) is 4.28. The third kappa shape index (κ3) is 3.90. The second kappa shape index (κ2) is 8.83. The molecule has 34 heavy (non-hydrogen) atoms. The minimum Gasteiger partial charge on any atom is -0.497 e. The van der Waals surface area contributed by atoms with E-state index in [4.69, 9.17) is 4.74 Å². The third-order valence-electron chi connectivity index (χ3n) is 6.07. The van der Waals surface area contributed by atoms with Gasteiger partial charge in [0.25, 0.3) is 5.52 Å². The Hall–Kier alpha value is -4.45. The van der Waals surface area contributed by atoms with Crippen LogP contribution in [0.3, 0.4) is 0 Å². The van der Waals surface area contributed by atoms with E-state index in [0.29, 0.717) is 17.0 Å². The van der Waals surface area contributed by atoms with Crippen LogP contribution in [0.4, 0.5) is 0 Å². The van der Waals surface area contributed by atoms with Gasteiger partial charge in [-0.3, -0.25) is 9.36 Å². The quantitative estimate of drug-likeness (QED) is 0.309. The van der Waals surface area contributed by atoms with Crippen LogP contribution in [-0.2, 0) is 11.2 Å². The molecule has 0 amide bonds. The summed E-state index contributed by atoms with van der Waals surface area (Å²) in [4.78, 5) is 26.0. The van der Waals surface area contributed by atoms with Crippen molar-refractivity contribution in [3.05, 3.63) is 113 Å². The zero-order chi connectivity index (χ0) is 23.7. The Morgan fingerprint density at radius 2 is 1.65 bits per heavy atom. The zero-order valence-electron chi connectivity index (χ0n) is 18.6. The SMILES string of the molecule is COc1ccc(-c2cn(C(Cc3ccccc3)C(=O)O)c(=O)c3cc4ccccc4c[n+]23)cc1. The van der Waals surface area contributed by atoms with Crippen molar-refractivity contribution in [1.29, 1.82) is 0 Å². The first-order chi connectivity index (χ1) is 16.5. The fraction of sp³-hybridized carbons (Fsp3) is 0.107. The van der Waals surface area contributed by atoms with E-state index in [1.807, 2.05) is 95.5 Å². The number of fused-ring (bicyclic) bond motifs is 2. The van der Waals surface area contributed by atoms with Crippen molar-refractivity contribution in [3.63, 3.8) is 0 Å². The number of carboxylic acids is 1. The highest BCUT2D eigenvalue weighted by Gasteiger charge is 2.27. The number of carbonyl (C=O) groups is 1. The summed E-state index contributed by atoms with van der Waals surface area (Å²) >= 11 is 0. The van der Waals surface area contributed by atoms with Crippen molar-refractivity contribution >= 4 is 22.3 Å². The average Bonchev–Trinajstić information content (AvgIpc) is 2.87. The summed E-state index contributed by atoms with van der Waals surface area (Å²) in [7, 11) is 1.60. The molecule has 0 aliphatic heterocycles. The zero-order valence-corrected chi connectivity index (χ0v) is 18.6. The molecule has 1 unspecified atom stereocenters. The van der Waals surface area contributed by atoms with Gasteiger partial charge >= 0.3 is 11.5 Å². The maximum atomic E-state index is 13.7. The monoisotopic (exact) mass is 451 g/mol. The van der Waals surface area contributed by atoms with Crippen LogP contribution < -0.4 is 14.7 Å². The molecule has 1 N–H and O–H groups in total. The molecule has 5 rings (SSSR count). The molecule has 6 heteroatoms. The number of ether oxygens (including phenoxy) is 1. The van der Waals surface area contributed by atoms with E-state index in [1.54, 1.807) is 13.3 Å². The third-order valence-corrected chi connectivity index (χ3v) is 6.07. The molecule has 168 valence electrons. The highest BCUT2D eigenvalue weighted by molar-refractivity contribution is 5.84. The van der Waals surface area contributed by atoms with E-state index in [0.717, 1.165) is 21.9 Å². The van der Waals surface area contributed by atoms with Crippen molar-refractivity contribution in [3.8, 4) is 17.0 Å². The molecule has 2 aromatic heterocycles. The summed E-state index contributed by atoms with van der Waals surface area (Å²) in [5.74, 6) is -0.346. The van der Waals surface area contributed by atoms with Crippen LogP contribution in [0.5, 0.6) is 5.75 Å². The van der Waals surface area contributed by atoms with Gasteiger partial charge in [0.2, 0.25) is 5.69 Å². The molecule has 0 radical (unpaired) electrons. The highest BCUT2D eigenvalue weighted by Crippen LogP contribution is 2.23. The number of hydrogen-bond donors (Lipinski definition) is 1.